The molecule has 6 nitrogen and oxygen atoms in total. The summed E-state index contributed by atoms with van der Waals surface area (Å²) in [5.41, 5.74) is 6.63. The number of benzene rings is 1. The molecule has 0 atom stereocenters. The first-order chi connectivity index (χ1) is 10.6. The lowest BCUT2D eigenvalue weighted by Gasteiger charge is -2.12. The Labute approximate surface area is 132 Å². The van der Waals surface area contributed by atoms with Gasteiger partial charge < -0.3 is 16.4 Å². The third-order valence-corrected chi connectivity index (χ3v) is 3.03. The van der Waals surface area contributed by atoms with Crippen molar-refractivity contribution in [1.29, 1.82) is 0 Å². The van der Waals surface area contributed by atoms with E-state index in [-0.39, 0.29) is 24.8 Å². The van der Waals surface area contributed by atoms with Crippen molar-refractivity contribution >= 4 is 34.8 Å². The molecule has 2 rings (SSSR count). The van der Waals surface area contributed by atoms with E-state index in [1.54, 1.807) is 36.5 Å². The molecule has 7 heteroatoms. The number of aromatic nitrogens is 1. The van der Waals surface area contributed by atoms with Crippen LogP contribution in [0.4, 0.5) is 11.4 Å². The van der Waals surface area contributed by atoms with Crippen LogP contribution in [0.1, 0.15) is 16.8 Å². The molecule has 1 heterocycles. The Balaban J connectivity index is 2.19. The molecule has 0 saturated heterocycles. The molecule has 0 aliphatic carbocycles. The van der Waals surface area contributed by atoms with Gasteiger partial charge in [0.15, 0.2) is 0 Å². The van der Waals surface area contributed by atoms with Crippen LogP contribution in [0.3, 0.4) is 0 Å². The van der Waals surface area contributed by atoms with E-state index in [0.29, 0.717) is 22.0 Å². The fraction of sp³-hybridized carbons (Fsp3) is 0.133. The third-order valence-electron chi connectivity index (χ3n) is 2.80. The molecule has 1 aromatic carbocycles. The lowest BCUT2D eigenvalue weighted by molar-refractivity contribution is -0.116. The van der Waals surface area contributed by atoms with Gasteiger partial charge in [-0.2, -0.15) is 0 Å². The second-order valence-electron chi connectivity index (χ2n) is 4.47. The summed E-state index contributed by atoms with van der Waals surface area (Å²) < 4.78 is 0. The van der Waals surface area contributed by atoms with Crippen molar-refractivity contribution in [2.45, 2.75) is 6.42 Å². The van der Waals surface area contributed by atoms with Crippen molar-refractivity contribution in [3.05, 3.63) is 53.3 Å². The van der Waals surface area contributed by atoms with E-state index in [1.807, 2.05) is 0 Å². The van der Waals surface area contributed by atoms with Gasteiger partial charge in [-0.15, -0.1) is 0 Å². The molecule has 0 fully saturated rings. The Morgan fingerprint density at radius 1 is 1.18 bits per heavy atom. The molecule has 0 unspecified atom stereocenters. The highest BCUT2D eigenvalue weighted by Gasteiger charge is 2.11. The summed E-state index contributed by atoms with van der Waals surface area (Å²) >= 11 is 5.93. The molecule has 0 aliphatic rings. The zero-order valence-electron chi connectivity index (χ0n) is 11.7. The number of nitrogens with zero attached hydrogens (tertiary/aromatic N) is 1. The van der Waals surface area contributed by atoms with Gasteiger partial charge >= 0.3 is 0 Å². The number of carbonyl (C=O) groups excluding carboxylic acids is 2. The van der Waals surface area contributed by atoms with Gasteiger partial charge in [0.2, 0.25) is 5.91 Å². The number of pyridine rings is 1. The molecule has 0 spiro atoms. The topological polar surface area (TPSA) is 97.1 Å². The molecular weight excluding hydrogens is 304 g/mol. The van der Waals surface area contributed by atoms with Gasteiger partial charge in [-0.05, 0) is 30.3 Å². The number of amides is 2. The molecule has 22 heavy (non-hydrogen) atoms. The predicted molar refractivity (Wildman–Crippen MR) is 85.9 cm³/mol. The van der Waals surface area contributed by atoms with E-state index < -0.39 is 0 Å². The minimum Gasteiger partial charge on any atom is -0.330 e. The molecule has 0 bridgehead atoms. The van der Waals surface area contributed by atoms with Crippen LogP contribution in [0.25, 0.3) is 0 Å². The van der Waals surface area contributed by atoms with Gasteiger partial charge in [-0.1, -0.05) is 11.6 Å². The van der Waals surface area contributed by atoms with Crippen LogP contribution in [0.5, 0.6) is 0 Å². The van der Waals surface area contributed by atoms with Crippen molar-refractivity contribution in [2.24, 2.45) is 5.73 Å². The molecular formula is C15H15ClN4O2. The monoisotopic (exact) mass is 318 g/mol. The Morgan fingerprint density at radius 2 is 2.00 bits per heavy atom. The molecule has 0 saturated carbocycles. The van der Waals surface area contributed by atoms with Crippen molar-refractivity contribution in [1.82, 2.24) is 4.98 Å². The van der Waals surface area contributed by atoms with E-state index in [1.165, 1.54) is 6.20 Å². The quantitative estimate of drug-likeness (QED) is 0.787. The van der Waals surface area contributed by atoms with Crippen LogP contribution in [-0.4, -0.2) is 23.3 Å². The maximum Gasteiger partial charge on any atom is 0.257 e. The zero-order valence-corrected chi connectivity index (χ0v) is 12.4. The highest BCUT2D eigenvalue weighted by atomic mass is 35.5. The van der Waals surface area contributed by atoms with Gasteiger partial charge in [0.05, 0.1) is 16.9 Å². The Morgan fingerprint density at radius 3 is 2.68 bits per heavy atom. The smallest absolute Gasteiger partial charge is 0.257 e. The summed E-state index contributed by atoms with van der Waals surface area (Å²) in [4.78, 5) is 27.7. The van der Waals surface area contributed by atoms with E-state index in [9.17, 15) is 9.59 Å². The summed E-state index contributed by atoms with van der Waals surface area (Å²) in [6, 6.07) is 8.12. The van der Waals surface area contributed by atoms with Crippen LogP contribution in [0, 0.1) is 0 Å². The third kappa shape index (κ3) is 4.28. The zero-order chi connectivity index (χ0) is 15.9. The summed E-state index contributed by atoms with van der Waals surface area (Å²) in [5.74, 6) is -0.577. The van der Waals surface area contributed by atoms with Crippen LogP contribution < -0.4 is 16.4 Å². The van der Waals surface area contributed by atoms with Crippen molar-refractivity contribution in [3.8, 4) is 0 Å². The van der Waals surface area contributed by atoms with Gasteiger partial charge in [0.25, 0.3) is 5.91 Å². The molecule has 4 N–H and O–H groups in total. The van der Waals surface area contributed by atoms with Crippen LogP contribution in [0.15, 0.2) is 42.7 Å². The maximum absolute atomic E-state index is 12.1. The molecule has 0 radical (unpaired) electrons. The van der Waals surface area contributed by atoms with Gasteiger partial charge in [0.1, 0.15) is 0 Å². The Hall–Kier alpha value is -2.44. The first-order valence-electron chi connectivity index (χ1n) is 6.61. The Bertz CT molecular complexity index is 676. The molecule has 114 valence electrons. The maximum atomic E-state index is 12.1. The van der Waals surface area contributed by atoms with Crippen molar-refractivity contribution in [3.63, 3.8) is 0 Å². The second-order valence-corrected chi connectivity index (χ2v) is 4.91. The normalized spacial score (nSPS) is 10.1. The highest BCUT2D eigenvalue weighted by molar-refractivity contribution is 6.31. The average Bonchev–Trinajstić information content (AvgIpc) is 2.51. The fourth-order valence-electron chi connectivity index (χ4n) is 1.76. The van der Waals surface area contributed by atoms with Gasteiger partial charge in [-0.25, -0.2) is 0 Å². The van der Waals surface area contributed by atoms with Gasteiger partial charge in [0, 0.05) is 30.4 Å². The standard InChI is InChI=1S/C15H15ClN4O2/c16-11-3-4-12(13(8-11)19-14(21)5-6-17)20-15(22)10-2-1-7-18-9-10/h1-4,7-9H,5-6,17H2,(H,19,21)(H,20,22). The van der Waals surface area contributed by atoms with Crippen molar-refractivity contribution in [2.75, 3.05) is 17.2 Å². The number of nitrogens with one attached hydrogen (secondary N) is 2. The summed E-state index contributed by atoms with van der Waals surface area (Å²) in [7, 11) is 0. The highest BCUT2D eigenvalue weighted by Crippen LogP contribution is 2.26. The van der Waals surface area contributed by atoms with Gasteiger partial charge in [-0.3, -0.25) is 14.6 Å². The van der Waals surface area contributed by atoms with Crippen LogP contribution >= 0.6 is 11.6 Å². The van der Waals surface area contributed by atoms with E-state index in [2.05, 4.69) is 15.6 Å². The minimum absolute atomic E-state index is 0.183. The number of halogens is 1. The molecule has 2 amide bonds. The van der Waals surface area contributed by atoms with Crippen LogP contribution in [-0.2, 0) is 4.79 Å². The molecule has 2 aromatic rings. The van der Waals surface area contributed by atoms with Crippen molar-refractivity contribution < 1.29 is 9.59 Å². The lowest BCUT2D eigenvalue weighted by atomic mass is 10.2. The first-order valence-corrected chi connectivity index (χ1v) is 6.99. The SMILES string of the molecule is NCCC(=O)Nc1cc(Cl)ccc1NC(=O)c1cccnc1. The predicted octanol–water partition coefficient (Wildman–Crippen LogP) is 2.27. The van der Waals surface area contributed by atoms with E-state index >= 15 is 0 Å². The number of hydrogen-bond donors (Lipinski definition) is 3. The van der Waals surface area contributed by atoms with Crippen LogP contribution in [0.2, 0.25) is 5.02 Å². The number of nitrogens with two attached hydrogens (primary N) is 1. The Kier molecular flexibility index (Phi) is 5.46. The summed E-state index contributed by atoms with van der Waals surface area (Å²) in [6.07, 6.45) is 3.22. The lowest BCUT2D eigenvalue weighted by Crippen LogP contribution is -2.19. The first kappa shape index (κ1) is 15.9. The molecule has 1 aromatic heterocycles. The summed E-state index contributed by atoms with van der Waals surface area (Å²) in [6.45, 7) is 0.240. The van der Waals surface area contributed by atoms with E-state index in [0.717, 1.165) is 0 Å². The average molecular weight is 319 g/mol. The fourth-order valence-corrected chi connectivity index (χ4v) is 1.94. The molecule has 0 aliphatic heterocycles. The number of anilines is 2. The number of rotatable bonds is 5. The second kappa shape index (κ2) is 7.53. The number of carbonyl (C=O) groups is 2. The van der Waals surface area contributed by atoms with E-state index in [4.69, 9.17) is 17.3 Å². The number of hydrogen-bond acceptors (Lipinski definition) is 4. The summed E-state index contributed by atoms with van der Waals surface area (Å²) in [5, 5.41) is 5.84. The minimum atomic E-state index is -0.329. The largest absolute Gasteiger partial charge is 0.330 e.